The summed E-state index contributed by atoms with van der Waals surface area (Å²) in [5.41, 5.74) is 4.15. The molecule has 0 saturated heterocycles. The molecule has 4 heteroatoms. The molecule has 1 rings (SSSR count). The lowest BCUT2D eigenvalue weighted by atomic mass is 9.87. The zero-order valence-corrected chi connectivity index (χ0v) is 14.1. The van der Waals surface area contributed by atoms with Gasteiger partial charge in [0.1, 0.15) is 0 Å². The Morgan fingerprint density at radius 2 is 1.89 bits per heavy atom. The normalized spacial score (nSPS) is 12.9. The SMILES string of the molecule is CCCC(CCC)C(Cc1ccc(Br)cc1Cl)NN. The summed E-state index contributed by atoms with van der Waals surface area (Å²) in [4.78, 5) is 0. The first-order chi connectivity index (χ1) is 9.12. The molecule has 0 spiro atoms. The van der Waals surface area contributed by atoms with E-state index in [-0.39, 0.29) is 0 Å². The first kappa shape index (κ1) is 17.0. The lowest BCUT2D eigenvalue weighted by Gasteiger charge is -2.26. The predicted octanol–water partition coefficient (Wildman–Crippen LogP) is 4.69. The second-order valence-corrected chi connectivity index (χ2v) is 6.37. The molecule has 2 nitrogen and oxygen atoms in total. The van der Waals surface area contributed by atoms with E-state index in [1.54, 1.807) is 0 Å². The number of nitrogens with one attached hydrogen (secondary N) is 1. The fraction of sp³-hybridized carbons (Fsp3) is 0.600. The first-order valence-electron chi connectivity index (χ1n) is 7.02. The molecule has 0 radical (unpaired) electrons. The molecular formula is C15H24BrClN2. The average Bonchev–Trinajstić information content (AvgIpc) is 2.38. The molecule has 0 bridgehead atoms. The minimum absolute atomic E-state index is 0.290. The van der Waals surface area contributed by atoms with E-state index in [1.165, 1.54) is 25.7 Å². The number of hydrogen-bond donors (Lipinski definition) is 2. The summed E-state index contributed by atoms with van der Waals surface area (Å²) in [6, 6.07) is 6.34. The minimum Gasteiger partial charge on any atom is -0.271 e. The molecule has 3 N–H and O–H groups in total. The maximum atomic E-state index is 6.29. The van der Waals surface area contributed by atoms with E-state index in [9.17, 15) is 0 Å². The van der Waals surface area contributed by atoms with Gasteiger partial charge in [0.2, 0.25) is 0 Å². The summed E-state index contributed by atoms with van der Waals surface area (Å²) >= 11 is 9.72. The second kappa shape index (κ2) is 8.96. The van der Waals surface area contributed by atoms with Crippen molar-refractivity contribution in [3.8, 4) is 0 Å². The summed E-state index contributed by atoms with van der Waals surface area (Å²) in [5, 5.41) is 0.807. The second-order valence-electron chi connectivity index (χ2n) is 5.05. The van der Waals surface area contributed by atoms with Gasteiger partial charge in [-0.25, -0.2) is 0 Å². The maximum absolute atomic E-state index is 6.29. The highest BCUT2D eigenvalue weighted by Crippen LogP contribution is 2.26. The summed E-state index contributed by atoms with van der Waals surface area (Å²) in [7, 11) is 0. The molecule has 0 saturated carbocycles. The minimum atomic E-state index is 0.290. The fourth-order valence-corrected chi connectivity index (χ4v) is 3.32. The van der Waals surface area contributed by atoms with Crippen LogP contribution in [0.25, 0.3) is 0 Å². The van der Waals surface area contributed by atoms with Crippen LogP contribution >= 0.6 is 27.5 Å². The van der Waals surface area contributed by atoms with E-state index in [1.807, 2.05) is 12.1 Å². The molecule has 0 aliphatic carbocycles. The summed E-state index contributed by atoms with van der Waals surface area (Å²) in [6.45, 7) is 4.45. The monoisotopic (exact) mass is 346 g/mol. The Morgan fingerprint density at radius 1 is 1.26 bits per heavy atom. The molecular weight excluding hydrogens is 324 g/mol. The molecule has 1 unspecified atom stereocenters. The molecule has 0 aliphatic rings. The number of nitrogens with two attached hydrogens (primary N) is 1. The molecule has 0 heterocycles. The fourth-order valence-electron chi connectivity index (χ4n) is 2.57. The highest BCUT2D eigenvalue weighted by molar-refractivity contribution is 9.10. The van der Waals surface area contributed by atoms with Gasteiger partial charge in [-0.1, -0.05) is 60.3 Å². The van der Waals surface area contributed by atoms with Crippen molar-refractivity contribution < 1.29 is 0 Å². The zero-order chi connectivity index (χ0) is 14.3. The van der Waals surface area contributed by atoms with Gasteiger partial charge in [-0.2, -0.15) is 0 Å². The molecule has 108 valence electrons. The van der Waals surface area contributed by atoms with Gasteiger partial charge in [-0.05, 0) is 42.9 Å². The third-order valence-electron chi connectivity index (χ3n) is 3.56. The van der Waals surface area contributed by atoms with E-state index >= 15 is 0 Å². The Kier molecular flexibility index (Phi) is 8.00. The van der Waals surface area contributed by atoms with Crippen LogP contribution < -0.4 is 11.3 Å². The smallest absolute Gasteiger partial charge is 0.0449 e. The van der Waals surface area contributed by atoms with Crippen LogP contribution in [0.5, 0.6) is 0 Å². The van der Waals surface area contributed by atoms with Crippen LogP contribution in [-0.2, 0) is 6.42 Å². The van der Waals surface area contributed by atoms with E-state index < -0.39 is 0 Å². The number of hydrogen-bond acceptors (Lipinski definition) is 2. The largest absolute Gasteiger partial charge is 0.271 e. The van der Waals surface area contributed by atoms with Crippen LogP contribution in [0.2, 0.25) is 5.02 Å². The zero-order valence-electron chi connectivity index (χ0n) is 11.8. The maximum Gasteiger partial charge on any atom is 0.0449 e. The van der Waals surface area contributed by atoms with Gasteiger partial charge in [0, 0.05) is 15.5 Å². The first-order valence-corrected chi connectivity index (χ1v) is 8.19. The van der Waals surface area contributed by atoms with Gasteiger partial charge in [-0.15, -0.1) is 0 Å². The van der Waals surface area contributed by atoms with Crippen molar-refractivity contribution in [1.82, 2.24) is 5.43 Å². The lowest BCUT2D eigenvalue weighted by molar-refractivity contribution is 0.311. The van der Waals surface area contributed by atoms with Crippen molar-refractivity contribution in [2.24, 2.45) is 11.8 Å². The van der Waals surface area contributed by atoms with Gasteiger partial charge in [0.25, 0.3) is 0 Å². The van der Waals surface area contributed by atoms with Crippen molar-refractivity contribution in [1.29, 1.82) is 0 Å². The number of benzene rings is 1. The molecule has 1 atom stereocenters. The van der Waals surface area contributed by atoms with E-state index in [2.05, 4.69) is 41.3 Å². The molecule has 0 aliphatic heterocycles. The van der Waals surface area contributed by atoms with Crippen molar-refractivity contribution in [2.75, 3.05) is 0 Å². The third-order valence-corrected chi connectivity index (χ3v) is 4.40. The summed E-state index contributed by atoms with van der Waals surface area (Å²) in [5.74, 6) is 6.37. The topological polar surface area (TPSA) is 38.0 Å². The van der Waals surface area contributed by atoms with E-state index in [0.717, 1.165) is 21.5 Å². The standard InChI is InChI=1S/C15H24BrClN2/c1-3-5-11(6-4-2)15(19-18)9-12-7-8-13(16)10-14(12)17/h7-8,10-11,15,19H,3-6,9,18H2,1-2H3. The number of rotatable bonds is 8. The van der Waals surface area contributed by atoms with Crippen LogP contribution in [0.1, 0.15) is 45.1 Å². The Balaban J connectivity index is 2.78. The predicted molar refractivity (Wildman–Crippen MR) is 87.3 cm³/mol. The van der Waals surface area contributed by atoms with Gasteiger partial charge in [-0.3, -0.25) is 11.3 Å². The highest BCUT2D eigenvalue weighted by Gasteiger charge is 2.20. The van der Waals surface area contributed by atoms with Crippen LogP contribution in [-0.4, -0.2) is 6.04 Å². The Morgan fingerprint density at radius 3 is 2.37 bits per heavy atom. The third kappa shape index (κ3) is 5.42. The average molecular weight is 348 g/mol. The van der Waals surface area contributed by atoms with Crippen LogP contribution in [0.4, 0.5) is 0 Å². The Bertz CT molecular complexity index is 378. The quantitative estimate of drug-likeness (QED) is 0.528. The molecule has 0 aromatic heterocycles. The summed E-state index contributed by atoms with van der Waals surface area (Å²) < 4.78 is 1.01. The van der Waals surface area contributed by atoms with Gasteiger partial charge in [0.05, 0.1) is 0 Å². The number of hydrazine groups is 1. The molecule has 19 heavy (non-hydrogen) atoms. The van der Waals surface area contributed by atoms with Crippen molar-refractivity contribution >= 4 is 27.5 Å². The lowest BCUT2D eigenvalue weighted by Crippen LogP contribution is -2.42. The molecule has 1 aromatic carbocycles. The molecule has 1 aromatic rings. The Hall–Kier alpha value is -0.0900. The number of halogens is 2. The van der Waals surface area contributed by atoms with E-state index in [4.69, 9.17) is 17.4 Å². The summed E-state index contributed by atoms with van der Waals surface area (Å²) in [6.07, 6.45) is 5.68. The van der Waals surface area contributed by atoms with Crippen LogP contribution in [0.15, 0.2) is 22.7 Å². The van der Waals surface area contributed by atoms with Gasteiger partial charge in [0.15, 0.2) is 0 Å². The van der Waals surface area contributed by atoms with E-state index in [0.29, 0.717) is 12.0 Å². The van der Waals surface area contributed by atoms with Crippen LogP contribution in [0.3, 0.4) is 0 Å². The van der Waals surface area contributed by atoms with Crippen LogP contribution in [0, 0.1) is 5.92 Å². The van der Waals surface area contributed by atoms with Gasteiger partial charge >= 0.3 is 0 Å². The van der Waals surface area contributed by atoms with Crippen molar-refractivity contribution in [3.05, 3.63) is 33.3 Å². The highest BCUT2D eigenvalue weighted by atomic mass is 79.9. The van der Waals surface area contributed by atoms with Crippen molar-refractivity contribution in [2.45, 2.75) is 52.0 Å². The Labute approximate surface area is 130 Å². The molecule has 0 fully saturated rings. The molecule has 0 amide bonds. The van der Waals surface area contributed by atoms with Gasteiger partial charge < -0.3 is 0 Å². The van der Waals surface area contributed by atoms with Crippen molar-refractivity contribution in [3.63, 3.8) is 0 Å².